The van der Waals surface area contributed by atoms with E-state index < -0.39 is 29.0 Å². The molecule has 86 valence electrons. The standard InChI is InChI=1S/C10H4F6/c1-2-6-5-7(9(11,12)13)3-4-8(6)10(14,15)16/h1-2,4-5H. The molecule has 0 atom stereocenters. The van der Waals surface area contributed by atoms with Crippen LogP contribution >= 0.6 is 0 Å². The molecule has 0 amide bonds. The molecular weight excluding hydrogens is 234 g/mol. The molecule has 1 rings (SSSR count). The van der Waals surface area contributed by atoms with E-state index in [9.17, 15) is 26.3 Å². The van der Waals surface area contributed by atoms with E-state index in [1.807, 2.05) is 0 Å². The third-order valence-corrected chi connectivity index (χ3v) is 1.77. The summed E-state index contributed by atoms with van der Waals surface area (Å²) in [6.45, 7) is 4.85. The molecule has 0 fully saturated rings. The van der Waals surface area contributed by atoms with Crippen LogP contribution < -0.4 is 0 Å². The highest BCUT2D eigenvalue weighted by atomic mass is 19.4. The average molecular weight is 238 g/mol. The van der Waals surface area contributed by atoms with Gasteiger partial charge in [0, 0.05) is 0 Å². The van der Waals surface area contributed by atoms with Gasteiger partial charge in [-0.05, 0) is 23.8 Å². The fourth-order valence-corrected chi connectivity index (χ4v) is 1.06. The van der Waals surface area contributed by atoms with Crippen LogP contribution in [0.2, 0.25) is 0 Å². The number of rotatable bonds is 1. The fourth-order valence-electron chi connectivity index (χ4n) is 1.06. The van der Waals surface area contributed by atoms with Crippen LogP contribution in [0, 0.1) is 12.6 Å². The number of alkyl halides is 6. The van der Waals surface area contributed by atoms with Gasteiger partial charge in [-0.2, -0.15) is 26.3 Å². The molecule has 0 heterocycles. The summed E-state index contributed by atoms with van der Waals surface area (Å²) in [7, 11) is 0. The van der Waals surface area contributed by atoms with Crippen molar-refractivity contribution < 1.29 is 26.3 Å². The van der Waals surface area contributed by atoms with Gasteiger partial charge >= 0.3 is 12.4 Å². The lowest BCUT2D eigenvalue weighted by atomic mass is 10.0. The SMILES string of the molecule is [CH]=Cc1cc(C(F)(F)F)[c]cc1C(F)(F)F. The zero-order valence-corrected chi connectivity index (χ0v) is 7.58. The molecule has 0 spiro atoms. The largest absolute Gasteiger partial charge is 0.417 e. The van der Waals surface area contributed by atoms with Crippen molar-refractivity contribution in [2.45, 2.75) is 12.4 Å². The summed E-state index contributed by atoms with van der Waals surface area (Å²) in [5.74, 6) is 0. The zero-order valence-electron chi connectivity index (χ0n) is 7.58. The second-order valence-corrected chi connectivity index (χ2v) is 2.88. The first-order chi connectivity index (χ1) is 7.16. The predicted molar refractivity (Wildman–Crippen MR) is 44.0 cm³/mol. The van der Waals surface area contributed by atoms with Crippen LogP contribution in [-0.4, -0.2) is 0 Å². The summed E-state index contributed by atoms with van der Waals surface area (Å²) >= 11 is 0. The molecule has 0 unspecified atom stereocenters. The van der Waals surface area contributed by atoms with Crippen molar-refractivity contribution in [1.29, 1.82) is 0 Å². The Bertz CT molecular complexity index is 399. The molecule has 1 aromatic rings. The van der Waals surface area contributed by atoms with Crippen molar-refractivity contribution >= 4 is 6.08 Å². The monoisotopic (exact) mass is 238 g/mol. The van der Waals surface area contributed by atoms with Gasteiger partial charge in [-0.1, -0.05) is 12.7 Å². The van der Waals surface area contributed by atoms with Crippen molar-refractivity contribution in [3.63, 3.8) is 0 Å². The van der Waals surface area contributed by atoms with Gasteiger partial charge in [0.1, 0.15) is 0 Å². The maximum absolute atomic E-state index is 12.3. The average Bonchev–Trinajstić information content (AvgIpc) is 2.14. The van der Waals surface area contributed by atoms with Crippen molar-refractivity contribution in [3.05, 3.63) is 41.5 Å². The molecule has 2 radical (unpaired) electrons. The molecule has 0 aliphatic heterocycles. The van der Waals surface area contributed by atoms with E-state index in [0.717, 1.165) is 0 Å². The van der Waals surface area contributed by atoms with Crippen LogP contribution in [0.15, 0.2) is 12.1 Å². The minimum Gasteiger partial charge on any atom is -0.166 e. The third kappa shape index (κ3) is 2.56. The Morgan fingerprint density at radius 2 is 1.62 bits per heavy atom. The van der Waals surface area contributed by atoms with E-state index in [-0.39, 0.29) is 6.07 Å². The minimum atomic E-state index is -4.76. The summed E-state index contributed by atoms with van der Waals surface area (Å²) in [5.41, 5.74) is -3.27. The topological polar surface area (TPSA) is 0 Å². The second-order valence-electron chi connectivity index (χ2n) is 2.88. The maximum Gasteiger partial charge on any atom is 0.417 e. The Balaban J connectivity index is 3.34. The van der Waals surface area contributed by atoms with Gasteiger partial charge in [0.2, 0.25) is 0 Å². The zero-order chi connectivity index (χ0) is 12.6. The molecule has 0 bridgehead atoms. The van der Waals surface area contributed by atoms with Crippen molar-refractivity contribution in [1.82, 2.24) is 0 Å². The lowest BCUT2D eigenvalue weighted by Crippen LogP contribution is -2.11. The van der Waals surface area contributed by atoms with Gasteiger partial charge in [0.25, 0.3) is 0 Å². The van der Waals surface area contributed by atoms with E-state index in [4.69, 9.17) is 6.58 Å². The van der Waals surface area contributed by atoms with E-state index in [1.54, 1.807) is 0 Å². The Hall–Kier alpha value is -1.46. The molecule has 0 nitrogen and oxygen atoms in total. The number of hydrogen-bond acceptors (Lipinski definition) is 0. The highest BCUT2D eigenvalue weighted by Gasteiger charge is 2.36. The molecule has 0 aliphatic carbocycles. The van der Waals surface area contributed by atoms with Gasteiger partial charge in [0.15, 0.2) is 0 Å². The van der Waals surface area contributed by atoms with E-state index >= 15 is 0 Å². The van der Waals surface area contributed by atoms with Crippen LogP contribution in [0.5, 0.6) is 0 Å². The van der Waals surface area contributed by atoms with E-state index in [1.165, 1.54) is 6.07 Å². The van der Waals surface area contributed by atoms with Crippen molar-refractivity contribution in [3.8, 4) is 0 Å². The van der Waals surface area contributed by atoms with Gasteiger partial charge < -0.3 is 0 Å². The summed E-state index contributed by atoms with van der Waals surface area (Å²) < 4.78 is 73.4. The lowest BCUT2D eigenvalue weighted by Gasteiger charge is -2.12. The molecule has 0 saturated heterocycles. The molecule has 16 heavy (non-hydrogen) atoms. The summed E-state index contributed by atoms with van der Waals surface area (Å²) in [5, 5.41) is 0. The van der Waals surface area contributed by atoms with E-state index in [0.29, 0.717) is 12.1 Å². The Morgan fingerprint density at radius 3 is 2.00 bits per heavy atom. The highest BCUT2D eigenvalue weighted by molar-refractivity contribution is 5.53. The normalized spacial score (nSPS) is 12.6. The Morgan fingerprint density at radius 1 is 1.06 bits per heavy atom. The molecule has 0 N–H and O–H groups in total. The van der Waals surface area contributed by atoms with Crippen LogP contribution in [0.3, 0.4) is 0 Å². The van der Waals surface area contributed by atoms with Gasteiger partial charge in [0.05, 0.1) is 11.1 Å². The molecule has 1 aromatic carbocycles. The summed E-state index contributed by atoms with van der Waals surface area (Å²) in [6.07, 6.45) is -9.03. The molecule has 0 saturated carbocycles. The number of hydrogen-bond donors (Lipinski definition) is 0. The quantitative estimate of drug-likeness (QED) is 0.649. The molecule has 6 heteroatoms. The summed E-state index contributed by atoms with van der Waals surface area (Å²) in [6, 6.07) is 2.08. The van der Waals surface area contributed by atoms with E-state index in [2.05, 4.69) is 0 Å². The smallest absolute Gasteiger partial charge is 0.166 e. The van der Waals surface area contributed by atoms with Gasteiger partial charge in [-0.15, -0.1) is 0 Å². The summed E-state index contributed by atoms with van der Waals surface area (Å²) in [4.78, 5) is 0. The second kappa shape index (κ2) is 3.84. The van der Waals surface area contributed by atoms with Gasteiger partial charge in [-0.25, -0.2) is 0 Å². The van der Waals surface area contributed by atoms with Crippen molar-refractivity contribution in [2.75, 3.05) is 0 Å². The lowest BCUT2D eigenvalue weighted by molar-refractivity contribution is -0.141. The van der Waals surface area contributed by atoms with Crippen LogP contribution in [0.1, 0.15) is 16.7 Å². The minimum absolute atomic E-state index is 0.238. The fraction of sp³-hybridized carbons (Fsp3) is 0.200. The van der Waals surface area contributed by atoms with Crippen LogP contribution in [0.4, 0.5) is 26.3 Å². The first-order valence-corrected chi connectivity index (χ1v) is 3.91. The third-order valence-electron chi connectivity index (χ3n) is 1.77. The van der Waals surface area contributed by atoms with Crippen LogP contribution in [0.25, 0.3) is 6.08 Å². The first-order valence-electron chi connectivity index (χ1n) is 3.91. The van der Waals surface area contributed by atoms with Crippen molar-refractivity contribution in [2.24, 2.45) is 0 Å². The molecule has 0 aliphatic rings. The number of halogens is 6. The van der Waals surface area contributed by atoms with Gasteiger partial charge in [-0.3, -0.25) is 0 Å². The first kappa shape index (κ1) is 12.6. The Kier molecular flexibility index (Phi) is 3.03. The molecule has 0 aromatic heterocycles. The maximum atomic E-state index is 12.3. The Labute approximate surface area is 87.2 Å². The molecular formula is C10H4F6. The van der Waals surface area contributed by atoms with Crippen LogP contribution in [-0.2, 0) is 12.4 Å². The predicted octanol–water partition coefficient (Wildman–Crippen LogP) is 3.97. The number of benzene rings is 1. The highest BCUT2D eigenvalue weighted by Crippen LogP contribution is 2.36.